The summed E-state index contributed by atoms with van der Waals surface area (Å²) in [5.74, 6) is 0.592. The highest BCUT2D eigenvalue weighted by atomic mass is 15.3. The van der Waals surface area contributed by atoms with Crippen LogP contribution in [0, 0.1) is 0 Å². The van der Waals surface area contributed by atoms with Crippen molar-refractivity contribution in [3.05, 3.63) is 65.9 Å². The van der Waals surface area contributed by atoms with Crippen LogP contribution in [0.1, 0.15) is 36.9 Å². The molecule has 1 aliphatic rings. The highest BCUT2D eigenvalue weighted by Gasteiger charge is 2.24. The number of rotatable bonds is 4. The van der Waals surface area contributed by atoms with Gasteiger partial charge in [0.15, 0.2) is 0 Å². The molecule has 3 aromatic rings. The Bertz CT molecular complexity index is 798. The molecule has 124 valence electrons. The van der Waals surface area contributed by atoms with Gasteiger partial charge in [0, 0.05) is 24.4 Å². The Hall–Kier alpha value is -2.13. The number of para-hydroxylation sites is 1. The Kier molecular flexibility index (Phi) is 4.35. The standard InChI is InChI=1S/C21H25N3/c1-2-24-20-11-7-6-10-19(20)21(22-24)18-12-14-23(15-13-18)16-17-8-4-3-5-9-17/h3-11,18H,2,12-16H2,1H3. The highest BCUT2D eigenvalue weighted by Crippen LogP contribution is 2.32. The summed E-state index contributed by atoms with van der Waals surface area (Å²) in [7, 11) is 0. The third-order valence-electron chi connectivity index (χ3n) is 5.21. The third-order valence-corrected chi connectivity index (χ3v) is 5.21. The summed E-state index contributed by atoms with van der Waals surface area (Å²) in [5.41, 5.74) is 4.00. The van der Waals surface area contributed by atoms with Crippen molar-refractivity contribution in [3.63, 3.8) is 0 Å². The van der Waals surface area contributed by atoms with Crippen molar-refractivity contribution in [2.45, 2.75) is 38.8 Å². The summed E-state index contributed by atoms with van der Waals surface area (Å²) in [5, 5.41) is 6.29. The number of aromatic nitrogens is 2. The molecule has 2 aromatic carbocycles. The Balaban J connectivity index is 1.48. The van der Waals surface area contributed by atoms with Crippen LogP contribution in [0.3, 0.4) is 0 Å². The number of hydrogen-bond acceptors (Lipinski definition) is 2. The molecule has 1 aliphatic heterocycles. The van der Waals surface area contributed by atoms with E-state index < -0.39 is 0 Å². The van der Waals surface area contributed by atoms with Gasteiger partial charge in [0.2, 0.25) is 0 Å². The summed E-state index contributed by atoms with van der Waals surface area (Å²) in [4.78, 5) is 2.57. The lowest BCUT2D eigenvalue weighted by molar-refractivity contribution is 0.203. The first-order valence-corrected chi connectivity index (χ1v) is 9.07. The van der Waals surface area contributed by atoms with Crippen LogP contribution in [0.2, 0.25) is 0 Å². The van der Waals surface area contributed by atoms with Gasteiger partial charge in [-0.1, -0.05) is 48.5 Å². The molecule has 0 spiro atoms. The van der Waals surface area contributed by atoms with E-state index in [1.54, 1.807) is 0 Å². The summed E-state index contributed by atoms with van der Waals surface area (Å²) < 4.78 is 2.15. The first-order chi connectivity index (χ1) is 11.8. The summed E-state index contributed by atoms with van der Waals surface area (Å²) in [6.07, 6.45) is 2.41. The van der Waals surface area contributed by atoms with Crippen LogP contribution < -0.4 is 0 Å². The van der Waals surface area contributed by atoms with E-state index in [0.29, 0.717) is 5.92 Å². The van der Waals surface area contributed by atoms with E-state index in [1.807, 2.05) is 0 Å². The molecule has 4 rings (SSSR count). The average Bonchev–Trinajstić information content (AvgIpc) is 3.02. The highest BCUT2D eigenvalue weighted by molar-refractivity contribution is 5.82. The normalized spacial score (nSPS) is 16.7. The van der Waals surface area contributed by atoms with Crippen LogP contribution in [-0.4, -0.2) is 27.8 Å². The Morgan fingerprint density at radius 3 is 2.42 bits per heavy atom. The molecule has 0 amide bonds. The molecule has 0 radical (unpaired) electrons. The minimum Gasteiger partial charge on any atom is -0.299 e. The quantitative estimate of drug-likeness (QED) is 0.709. The minimum atomic E-state index is 0.592. The molecule has 0 unspecified atom stereocenters. The smallest absolute Gasteiger partial charge is 0.0735 e. The average molecular weight is 319 g/mol. The molecule has 3 nitrogen and oxygen atoms in total. The van der Waals surface area contributed by atoms with Crippen LogP contribution in [0.15, 0.2) is 54.6 Å². The SMILES string of the molecule is CCn1nc(C2CCN(Cc3ccccc3)CC2)c2ccccc21. The second kappa shape index (κ2) is 6.78. The van der Waals surface area contributed by atoms with Crippen LogP contribution in [0.5, 0.6) is 0 Å². The van der Waals surface area contributed by atoms with E-state index in [1.165, 1.54) is 35.0 Å². The van der Waals surface area contributed by atoms with Crippen molar-refractivity contribution in [1.29, 1.82) is 0 Å². The number of aryl methyl sites for hydroxylation is 1. The van der Waals surface area contributed by atoms with Gasteiger partial charge in [-0.25, -0.2) is 0 Å². The van der Waals surface area contributed by atoms with Gasteiger partial charge in [-0.15, -0.1) is 0 Å². The zero-order valence-corrected chi connectivity index (χ0v) is 14.4. The van der Waals surface area contributed by atoms with Gasteiger partial charge < -0.3 is 0 Å². The van der Waals surface area contributed by atoms with E-state index in [0.717, 1.165) is 26.2 Å². The van der Waals surface area contributed by atoms with Gasteiger partial charge in [0.1, 0.15) is 0 Å². The molecule has 2 heterocycles. The maximum Gasteiger partial charge on any atom is 0.0735 e. The fourth-order valence-electron chi connectivity index (χ4n) is 3.90. The minimum absolute atomic E-state index is 0.592. The second-order valence-corrected chi connectivity index (χ2v) is 6.75. The monoisotopic (exact) mass is 319 g/mol. The van der Waals surface area contributed by atoms with Crippen LogP contribution >= 0.6 is 0 Å². The molecule has 3 heteroatoms. The summed E-state index contributed by atoms with van der Waals surface area (Å²) in [6, 6.07) is 19.5. The molecule has 1 aromatic heterocycles. The maximum absolute atomic E-state index is 4.94. The Labute approximate surface area is 143 Å². The molecule has 24 heavy (non-hydrogen) atoms. The lowest BCUT2D eigenvalue weighted by Gasteiger charge is -2.31. The molecule has 1 saturated heterocycles. The Morgan fingerprint density at radius 2 is 1.67 bits per heavy atom. The van der Waals surface area contributed by atoms with Crippen molar-refractivity contribution < 1.29 is 0 Å². The van der Waals surface area contributed by atoms with Gasteiger partial charge >= 0.3 is 0 Å². The lowest BCUT2D eigenvalue weighted by atomic mass is 9.91. The van der Waals surface area contributed by atoms with E-state index >= 15 is 0 Å². The molecule has 0 saturated carbocycles. The molecular weight excluding hydrogens is 294 g/mol. The van der Waals surface area contributed by atoms with Crippen LogP contribution in [0.4, 0.5) is 0 Å². The molecule has 0 bridgehead atoms. The lowest BCUT2D eigenvalue weighted by Crippen LogP contribution is -2.32. The van der Waals surface area contributed by atoms with Crippen molar-refractivity contribution in [2.24, 2.45) is 0 Å². The van der Waals surface area contributed by atoms with Gasteiger partial charge in [0.25, 0.3) is 0 Å². The first kappa shape index (κ1) is 15.4. The van der Waals surface area contributed by atoms with Crippen molar-refractivity contribution in [2.75, 3.05) is 13.1 Å². The van der Waals surface area contributed by atoms with Gasteiger partial charge in [0.05, 0.1) is 11.2 Å². The molecule has 0 N–H and O–H groups in total. The first-order valence-electron chi connectivity index (χ1n) is 9.07. The van der Waals surface area contributed by atoms with Crippen LogP contribution in [0.25, 0.3) is 10.9 Å². The fourth-order valence-corrected chi connectivity index (χ4v) is 3.90. The van der Waals surface area contributed by atoms with E-state index in [9.17, 15) is 0 Å². The van der Waals surface area contributed by atoms with Gasteiger partial charge in [-0.2, -0.15) is 5.10 Å². The number of benzene rings is 2. The zero-order valence-electron chi connectivity index (χ0n) is 14.4. The fraction of sp³-hybridized carbons (Fsp3) is 0.381. The van der Waals surface area contributed by atoms with Crippen LogP contribution in [-0.2, 0) is 13.1 Å². The van der Waals surface area contributed by atoms with Gasteiger partial charge in [-0.05, 0) is 44.5 Å². The molecule has 1 fully saturated rings. The topological polar surface area (TPSA) is 21.1 Å². The van der Waals surface area contributed by atoms with Gasteiger partial charge in [-0.3, -0.25) is 9.58 Å². The number of nitrogens with zero attached hydrogens (tertiary/aromatic N) is 3. The molecule has 0 atom stereocenters. The largest absolute Gasteiger partial charge is 0.299 e. The predicted octanol–water partition coefficient (Wildman–Crippen LogP) is 4.44. The molecule has 0 aliphatic carbocycles. The number of hydrogen-bond donors (Lipinski definition) is 0. The van der Waals surface area contributed by atoms with E-state index in [4.69, 9.17) is 5.10 Å². The van der Waals surface area contributed by atoms with Crippen molar-refractivity contribution >= 4 is 10.9 Å². The second-order valence-electron chi connectivity index (χ2n) is 6.75. The number of piperidine rings is 1. The summed E-state index contributed by atoms with van der Waals surface area (Å²) >= 11 is 0. The van der Waals surface area contributed by atoms with Crippen molar-refractivity contribution in [1.82, 2.24) is 14.7 Å². The maximum atomic E-state index is 4.94. The van der Waals surface area contributed by atoms with Crippen molar-refractivity contribution in [3.8, 4) is 0 Å². The predicted molar refractivity (Wildman–Crippen MR) is 99.1 cm³/mol. The van der Waals surface area contributed by atoms with E-state index in [2.05, 4.69) is 71.1 Å². The summed E-state index contributed by atoms with van der Waals surface area (Å²) in [6.45, 7) is 6.50. The zero-order chi connectivity index (χ0) is 16.4. The molecular formula is C21H25N3. The van der Waals surface area contributed by atoms with E-state index in [-0.39, 0.29) is 0 Å². The number of fused-ring (bicyclic) bond motifs is 1. The Morgan fingerprint density at radius 1 is 0.958 bits per heavy atom. The third kappa shape index (κ3) is 2.96. The number of likely N-dealkylation sites (tertiary alicyclic amines) is 1.